The number of anilines is 1. The molecule has 0 amide bonds. The van der Waals surface area contributed by atoms with Crippen molar-refractivity contribution in [1.82, 2.24) is 0 Å². The zero-order chi connectivity index (χ0) is 20.4. The zero-order valence-corrected chi connectivity index (χ0v) is 17.8. The Morgan fingerprint density at radius 3 is 2.76 bits per heavy atom. The maximum Gasteiger partial charge on any atom is 0.513 e. The number of fused-ring (bicyclic) bond motifs is 1. The third-order valence-corrected chi connectivity index (χ3v) is 6.01. The van der Waals surface area contributed by atoms with E-state index in [0.717, 1.165) is 52.1 Å². The van der Waals surface area contributed by atoms with Gasteiger partial charge in [-0.25, -0.2) is 4.79 Å². The van der Waals surface area contributed by atoms with Crippen molar-refractivity contribution in [2.24, 2.45) is 0 Å². The van der Waals surface area contributed by atoms with Gasteiger partial charge in [0.2, 0.25) is 0 Å². The van der Waals surface area contributed by atoms with Gasteiger partial charge in [-0.2, -0.15) is 0 Å². The minimum atomic E-state index is -1.40. The lowest BCUT2D eigenvalue weighted by Crippen LogP contribution is -2.37. The molecule has 1 aromatic heterocycles. The molecule has 29 heavy (non-hydrogen) atoms. The molecule has 0 aliphatic carbocycles. The molecule has 0 saturated carbocycles. The molecule has 3 aromatic rings. The third kappa shape index (κ3) is 4.69. The van der Waals surface area contributed by atoms with Crippen LogP contribution in [-0.2, 0) is 11.3 Å². The van der Waals surface area contributed by atoms with Crippen molar-refractivity contribution in [3.63, 3.8) is 0 Å². The first-order chi connectivity index (χ1) is 14.0. The van der Waals surface area contributed by atoms with Gasteiger partial charge in [0.25, 0.3) is 5.95 Å². The maximum atomic E-state index is 10.7. The fourth-order valence-corrected chi connectivity index (χ4v) is 4.43. The summed E-state index contributed by atoms with van der Waals surface area (Å²) in [5.74, 6) is -0.0431. The molecule has 6 nitrogen and oxygen atoms in total. The fourth-order valence-electron chi connectivity index (χ4n) is 3.53. The first-order valence-electron chi connectivity index (χ1n) is 9.23. The highest BCUT2D eigenvalue weighted by Crippen LogP contribution is 2.38. The molecule has 152 valence electrons. The molecule has 4 rings (SSSR count). The predicted octanol–water partition coefficient (Wildman–Crippen LogP) is 6.09. The summed E-state index contributed by atoms with van der Waals surface area (Å²) >= 11 is 9.66. The van der Waals surface area contributed by atoms with Crippen LogP contribution in [0.25, 0.3) is 11.0 Å². The summed E-state index contributed by atoms with van der Waals surface area (Å²) in [7, 11) is 0. The minimum Gasteiger partial charge on any atom is -0.449 e. The number of hydrogen-bond donors (Lipinski definition) is 1. The lowest BCUT2D eigenvalue weighted by atomic mass is 10.1. The molecular formula is C21H19BrClNO5. The number of piperidine rings is 1. The second-order valence-electron chi connectivity index (χ2n) is 6.87. The van der Waals surface area contributed by atoms with Gasteiger partial charge in [-0.3, -0.25) is 0 Å². The standard InChI is InChI=1S/C21H19BrClNO5/c22-20-16-11-19(29-21(25)26)28-18(16)5-4-17(20)24-8-6-15(7-9-24)27-12-13-2-1-3-14(23)10-13/h1-5,10-11,15H,6-9,12H2,(H,25,26). The Kier molecular flexibility index (Phi) is 5.99. The Morgan fingerprint density at radius 1 is 1.24 bits per heavy atom. The topological polar surface area (TPSA) is 72.1 Å². The second kappa shape index (κ2) is 8.65. The zero-order valence-electron chi connectivity index (χ0n) is 15.4. The lowest BCUT2D eigenvalue weighted by molar-refractivity contribution is 0.0251. The summed E-state index contributed by atoms with van der Waals surface area (Å²) in [6, 6.07) is 13.1. The van der Waals surface area contributed by atoms with Gasteiger partial charge < -0.3 is 23.9 Å². The van der Waals surface area contributed by atoms with Gasteiger partial charge in [0.15, 0.2) is 0 Å². The van der Waals surface area contributed by atoms with E-state index in [1.165, 1.54) is 0 Å². The van der Waals surface area contributed by atoms with Crippen LogP contribution in [0.4, 0.5) is 10.5 Å². The number of nitrogens with zero attached hydrogens (tertiary/aromatic N) is 1. The summed E-state index contributed by atoms with van der Waals surface area (Å²) in [6.45, 7) is 2.28. The average molecular weight is 481 g/mol. The van der Waals surface area contributed by atoms with Crippen LogP contribution in [0.2, 0.25) is 5.02 Å². The molecule has 1 saturated heterocycles. The van der Waals surface area contributed by atoms with E-state index < -0.39 is 6.16 Å². The molecule has 2 heterocycles. The normalized spacial score (nSPS) is 15.0. The van der Waals surface area contributed by atoms with Crippen LogP contribution in [0.3, 0.4) is 0 Å². The van der Waals surface area contributed by atoms with E-state index in [-0.39, 0.29) is 12.1 Å². The highest BCUT2D eigenvalue weighted by Gasteiger charge is 2.23. The Morgan fingerprint density at radius 2 is 2.03 bits per heavy atom. The van der Waals surface area contributed by atoms with E-state index in [2.05, 4.69) is 25.6 Å². The lowest BCUT2D eigenvalue weighted by Gasteiger charge is -2.34. The largest absolute Gasteiger partial charge is 0.513 e. The summed E-state index contributed by atoms with van der Waals surface area (Å²) in [5, 5.41) is 10.2. The van der Waals surface area contributed by atoms with Crippen molar-refractivity contribution >= 4 is 50.3 Å². The van der Waals surface area contributed by atoms with Crippen molar-refractivity contribution in [3.8, 4) is 5.95 Å². The van der Waals surface area contributed by atoms with Gasteiger partial charge in [0, 0.05) is 29.6 Å². The summed E-state index contributed by atoms with van der Waals surface area (Å²) in [5.41, 5.74) is 2.68. The predicted molar refractivity (Wildman–Crippen MR) is 114 cm³/mol. The van der Waals surface area contributed by atoms with Crippen molar-refractivity contribution < 1.29 is 23.8 Å². The SMILES string of the molecule is O=C(O)Oc1cc2c(Br)c(N3CCC(OCc4cccc(Cl)c4)CC3)ccc2o1. The molecule has 1 fully saturated rings. The van der Waals surface area contributed by atoms with Crippen LogP contribution < -0.4 is 9.64 Å². The maximum absolute atomic E-state index is 10.7. The van der Waals surface area contributed by atoms with Gasteiger partial charge in [-0.1, -0.05) is 23.7 Å². The van der Waals surface area contributed by atoms with Crippen molar-refractivity contribution in [3.05, 3.63) is 57.5 Å². The summed E-state index contributed by atoms with van der Waals surface area (Å²) in [4.78, 5) is 13.0. The summed E-state index contributed by atoms with van der Waals surface area (Å²) < 4.78 is 17.0. The van der Waals surface area contributed by atoms with Gasteiger partial charge in [-0.15, -0.1) is 0 Å². The monoisotopic (exact) mass is 479 g/mol. The second-order valence-corrected chi connectivity index (χ2v) is 8.10. The molecule has 1 aliphatic rings. The van der Waals surface area contributed by atoms with E-state index in [4.69, 9.17) is 25.9 Å². The van der Waals surface area contributed by atoms with E-state index in [9.17, 15) is 4.79 Å². The Balaban J connectivity index is 1.39. The van der Waals surface area contributed by atoms with E-state index in [1.807, 2.05) is 36.4 Å². The molecule has 0 spiro atoms. The number of ether oxygens (including phenoxy) is 2. The third-order valence-electron chi connectivity index (χ3n) is 4.94. The van der Waals surface area contributed by atoms with Crippen LogP contribution in [0, 0.1) is 0 Å². The Bertz CT molecular complexity index is 1030. The quantitative estimate of drug-likeness (QED) is 0.445. The fraction of sp³-hybridized carbons (Fsp3) is 0.286. The Labute approximate surface area is 181 Å². The number of halogens is 2. The van der Waals surface area contributed by atoms with Gasteiger partial charge >= 0.3 is 6.16 Å². The molecule has 0 bridgehead atoms. The minimum absolute atomic E-state index is 0.0431. The van der Waals surface area contributed by atoms with E-state index >= 15 is 0 Å². The molecule has 0 atom stereocenters. The van der Waals surface area contributed by atoms with Gasteiger partial charge in [0.05, 0.1) is 22.9 Å². The smallest absolute Gasteiger partial charge is 0.449 e. The van der Waals surface area contributed by atoms with Crippen LogP contribution in [0.1, 0.15) is 18.4 Å². The van der Waals surface area contributed by atoms with Crippen LogP contribution in [0.5, 0.6) is 5.95 Å². The number of furan rings is 1. The number of hydrogen-bond acceptors (Lipinski definition) is 5. The summed E-state index contributed by atoms with van der Waals surface area (Å²) in [6.07, 6.45) is 0.644. The number of carboxylic acid groups (broad SMARTS) is 1. The molecule has 0 radical (unpaired) electrons. The van der Waals surface area contributed by atoms with Crippen molar-refractivity contribution in [2.75, 3.05) is 18.0 Å². The van der Waals surface area contributed by atoms with Gasteiger partial charge in [0.1, 0.15) is 5.58 Å². The van der Waals surface area contributed by atoms with Crippen LogP contribution in [-0.4, -0.2) is 30.5 Å². The number of rotatable bonds is 5. The molecule has 2 aromatic carbocycles. The number of carbonyl (C=O) groups is 1. The van der Waals surface area contributed by atoms with Crippen molar-refractivity contribution in [2.45, 2.75) is 25.6 Å². The van der Waals surface area contributed by atoms with Gasteiger partial charge in [-0.05, 0) is 58.6 Å². The first kappa shape index (κ1) is 20.1. The first-order valence-corrected chi connectivity index (χ1v) is 10.4. The highest BCUT2D eigenvalue weighted by atomic mass is 79.9. The molecule has 8 heteroatoms. The average Bonchev–Trinajstić information content (AvgIpc) is 3.10. The van der Waals surface area contributed by atoms with E-state index in [0.29, 0.717) is 12.2 Å². The van der Waals surface area contributed by atoms with Crippen LogP contribution in [0.15, 0.2) is 51.4 Å². The van der Waals surface area contributed by atoms with Crippen molar-refractivity contribution in [1.29, 1.82) is 0 Å². The highest BCUT2D eigenvalue weighted by molar-refractivity contribution is 9.10. The molecule has 0 unspecified atom stereocenters. The van der Waals surface area contributed by atoms with Crippen LogP contribution >= 0.6 is 27.5 Å². The molecule has 1 aliphatic heterocycles. The Hall–Kier alpha value is -2.22. The number of benzene rings is 2. The molecule has 1 N–H and O–H groups in total. The van der Waals surface area contributed by atoms with E-state index in [1.54, 1.807) is 6.07 Å². The molecular weight excluding hydrogens is 462 g/mol.